The first kappa shape index (κ1) is 23.9. The van der Waals surface area contributed by atoms with Gasteiger partial charge >= 0.3 is 6.09 Å². The van der Waals surface area contributed by atoms with Crippen LogP contribution in [0, 0.1) is 0 Å². The summed E-state index contributed by atoms with van der Waals surface area (Å²) in [6.45, 7) is 1.88. The lowest BCUT2D eigenvalue weighted by atomic mass is 10.0. The van der Waals surface area contributed by atoms with Crippen LogP contribution in [0.15, 0.2) is 78.1 Å². The predicted octanol–water partition coefficient (Wildman–Crippen LogP) is 4.26. The van der Waals surface area contributed by atoms with Gasteiger partial charge in [-0.25, -0.2) is 9.78 Å². The minimum Gasteiger partial charge on any atom is -0.465 e. The van der Waals surface area contributed by atoms with Crippen molar-refractivity contribution in [3.63, 3.8) is 0 Å². The number of anilines is 1. The molecule has 12 heteroatoms. The molecule has 1 amide bonds. The minimum absolute atomic E-state index is 0.216. The highest BCUT2D eigenvalue weighted by atomic mass is 35.5. The molecule has 0 saturated heterocycles. The zero-order valence-corrected chi connectivity index (χ0v) is 20.5. The van der Waals surface area contributed by atoms with Crippen molar-refractivity contribution in [3.05, 3.63) is 94.5 Å². The molecule has 3 heterocycles. The molecule has 3 aromatic heterocycles. The van der Waals surface area contributed by atoms with E-state index in [0.29, 0.717) is 33.3 Å². The van der Waals surface area contributed by atoms with Crippen molar-refractivity contribution >= 4 is 23.4 Å². The fourth-order valence-electron chi connectivity index (χ4n) is 3.99. The maximum atomic E-state index is 13.1. The van der Waals surface area contributed by atoms with Gasteiger partial charge in [-0.15, -0.1) is 5.10 Å². The van der Waals surface area contributed by atoms with Crippen LogP contribution in [0.2, 0.25) is 5.02 Å². The van der Waals surface area contributed by atoms with Crippen LogP contribution >= 0.6 is 11.6 Å². The third-order valence-corrected chi connectivity index (χ3v) is 6.31. The molecule has 2 aromatic carbocycles. The molecule has 0 aliphatic rings. The molecule has 0 aliphatic carbocycles. The second-order valence-corrected chi connectivity index (χ2v) is 8.76. The van der Waals surface area contributed by atoms with E-state index in [4.69, 9.17) is 16.7 Å². The number of aromatic amines is 1. The van der Waals surface area contributed by atoms with E-state index in [0.717, 1.165) is 16.2 Å². The van der Waals surface area contributed by atoms with Gasteiger partial charge in [0.15, 0.2) is 0 Å². The van der Waals surface area contributed by atoms with E-state index >= 15 is 0 Å². The van der Waals surface area contributed by atoms with Crippen LogP contribution in [0.4, 0.5) is 10.5 Å². The second kappa shape index (κ2) is 9.70. The Morgan fingerprint density at radius 3 is 2.57 bits per heavy atom. The van der Waals surface area contributed by atoms with Crippen molar-refractivity contribution < 1.29 is 9.90 Å². The molecular weight excluding hydrogens is 496 g/mol. The van der Waals surface area contributed by atoms with Crippen LogP contribution in [-0.2, 0) is 0 Å². The van der Waals surface area contributed by atoms with Crippen LogP contribution in [0.3, 0.4) is 0 Å². The summed E-state index contributed by atoms with van der Waals surface area (Å²) in [7, 11) is 1.48. The number of carbonyl (C=O) groups is 1. The number of imidazole rings is 1. The molecule has 1 unspecified atom stereocenters. The molecule has 5 aromatic rings. The zero-order valence-electron chi connectivity index (χ0n) is 19.8. The first-order valence-electron chi connectivity index (χ1n) is 11.2. The van der Waals surface area contributed by atoms with Crippen molar-refractivity contribution in [3.8, 4) is 28.1 Å². The molecule has 2 N–H and O–H groups in total. The highest BCUT2D eigenvalue weighted by Gasteiger charge is 2.16. The van der Waals surface area contributed by atoms with Crippen LogP contribution in [-0.4, -0.2) is 53.0 Å². The number of nitrogens with zero attached hydrogens (tertiary/aromatic N) is 7. The Morgan fingerprint density at radius 1 is 1.11 bits per heavy atom. The molecule has 5 rings (SSSR count). The summed E-state index contributed by atoms with van der Waals surface area (Å²) < 4.78 is 3.09. The summed E-state index contributed by atoms with van der Waals surface area (Å²) in [6, 6.07) is 15.3. The Hall–Kier alpha value is -4.77. The summed E-state index contributed by atoms with van der Waals surface area (Å²) in [4.78, 5) is 33.2. The van der Waals surface area contributed by atoms with Gasteiger partial charge in [-0.2, -0.15) is 4.68 Å². The molecule has 0 radical (unpaired) electrons. The van der Waals surface area contributed by atoms with Gasteiger partial charge in [0.05, 0.1) is 23.6 Å². The Bertz CT molecular complexity index is 1630. The summed E-state index contributed by atoms with van der Waals surface area (Å²) in [5, 5.41) is 21.0. The molecule has 0 aliphatic heterocycles. The number of halogens is 1. The third kappa shape index (κ3) is 4.71. The number of H-pyrrole nitrogens is 1. The molecule has 37 heavy (non-hydrogen) atoms. The average molecular weight is 517 g/mol. The van der Waals surface area contributed by atoms with Crippen LogP contribution in [0.5, 0.6) is 0 Å². The van der Waals surface area contributed by atoms with Crippen molar-refractivity contribution in [2.75, 3.05) is 11.9 Å². The summed E-state index contributed by atoms with van der Waals surface area (Å²) >= 11 is 6.24. The fraction of sp³-hybridized carbons (Fsp3) is 0.120. The number of hydrogen-bond acceptors (Lipinski definition) is 6. The van der Waals surface area contributed by atoms with E-state index in [1.807, 2.05) is 25.1 Å². The average Bonchev–Trinajstić information content (AvgIpc) is 3.61. The second-order valence-electron chi connectivity index (χ2n) is 8.32. The number of hydrogen-bond donors (Lipinski definition) is 2. The maximum absolute atomic E-state index is 13.1. The Morgan fingerprint density at radius 2 is 1.89 bits per heavy atom. The number of aromatic nitrogens is 7. The summed E-state index contributed by atoms with van der Waals surface area (Å²) in [5.74, 6) is 0.605. The molecule has 0 fully saturated rings. The summed E-state index contributed by atoms with van der Waals surface area (Å²) in [6.07, 6.45) is 3.84. The normalized spacial score (nSPS) is 11.9. The lowest BCUT2D eigenvalue weighted by Crippen LogP contribution is -2.23. The van der Waals surface area contributed by atoms with Crippen molar-refractivity contribution in [2.24, 2.45) is 0 Å². The SMILES string of the molecule is CC(c1ncc(-c2ccc(N(C)C(=O)O)cc2)[nH]1)n1ccc(-c2cc(Cl)ccc2-n2cnnn2)cc1=O. The number of amides is 1. The lowest BCUT2D eigenvalue weighted by Gasteiger charge is -2.15. The van der Waals surface area contributed by atoms with Gasteiger partial charge in [0.2, 0.25) is 0 Å². The lowest BCUT2D eigenvalue weighted by molar-refractivity contribution is 0.203. The molecule has 0 saturated carbocycles. The third-order valence-electron chi connectivity index (χ3n) is 6.07. The molecule has 0 bridgehead atoms. The van der Waals surface area contributed by atoms with Gasteiger partial charge in [0.25, 0.3) is 5.56 Å². The first-order valence-corrected chi connectivity index (χ1v) is 11.6. The summed E-state index contributed by atoms with van der Waals surface area (Å²) in [5.41, 5.74) is 4.01. The molecule has 186 valence electrons. The minimum atomic E-state index is -1.04. The van der Waals surface area contributed by atoms with Crippen LogP contribution in [0.1, 0.15) is 18.8 Å². The first-order chi connectivity index (χ1) is 17.8. The number of carboxylic acid groups (broad SMARTS) is 1. The molecule has 0 spiro atoms. The quantitative estimate of drug-likeness (QED) is 0.344. The highest BCUT2D eigenvalue weighted by molar-refractivity contribution is 6.31. The number of nitrogens with one attached hydrogen (secondary N) is 1. The van der Waals surface area contributed by atoms with E-state index in [-0.39, 0.29) is 11.6 Å². The van der Waals surface area contributed by atoms with E-state index in [9.17, 15) is 9.59 Å². The van der Waals surface area contributed by atoms with Gasteiger partial charge in [0, 0.05) is 35.6 Å². The number of rotatable bonds is 6. The smallest absolute Gasteiger partial charge is 0.411 e. The topological polar surface area (TPSA) is 135 Å². The predicted molar refractivity (Wildman–Crippen MR) is 138 cm³/mol. The molecule has 1 atom stereocenters. The van der Waals surface area contributed by atoms with Gasteiger partial charge in [-0.3, -0.25) is 9.69 Å². The number of pyridine rings is 1. The standard InChI is InChI=1S/C25H21ClN8O3/c1-15(24-27-13-21(29-24)16-3-6-19(7-4-16)32(2)25(36)37)33-10-9-17(11-23(33)35)20-12-18(26)5-8-22(20)34-14-28-30-31-34/h3-15H,1-2H3,(H,27,29)(H,36,37). The van der Waals surface area contributed by atoms with E-state index in [2.05, 4.69) is 25.5 Å². The van der Waals surface area contributed by atoms with Crippen LogP contribution < -0.4 is 10.5 Å². The van der Waals surface area contributed by atoms with E-state index < -0.39 is 6.09 Å². The van der Waals surface area contributed by atoms with Crippen LogP contribution in [0.25, 0.3) is 28.1 Å². The number of benzene rings is 2. The fourth-order valence-corrected chi connectivity index (χ4v) is 4.16. The molecular formula is C25H21ClN8O3. The monoisotopic (exact) mass is 516 g/mol. The van der Waals surface area contributed by atoms with Crippen molar-refractivity contribution in [1.82, 2.24) is 34.7 Å². The van der Waals surface area contributed by atoms with Gasteiger partial charge in [0.1, 0.15) is 12.2 Å². The van der Waals surface area contributed by atoms with Gasteiger partial charge in [-0.05, 0) is 64.9 Å². The Kier molecular flexibility index (Phi) is 6.28. The Labute approximate surface area is 215 Å². The van der Waals surface area contributed by atoms with Gasteiger partial charge in [-0.1, -0.05) is 23.7 Å². The zero-order chi connectivity index (χ0) is 26.1. The van der Waals surface area contributed by atoms with E-state index in [1.165, 1.54) is 24.1 Å². The largest absolute Gasteiger partial charge is 0.465 e. The Balaban J connectivity index is 1.42. The highest BCUT2D eigenvalue weighted by Crippen LogP contribution is 2.29. The number of tetrazole rings is 1. The van der Waals surface area contributed by atoms with E-state index in [1.54, 1.807) is 47.3 Å². The van der Waals surface area contributed by atoms with Gasteiger partial charge < -0.3 is 14.7 Å². The van der Waals surface area contributed by atoms with Crippen molar-refractivity contribution in [2.45, 2.75) is 13.0 Å². The maximum Gasteiger partial charge on any atom is 0.411 e. The van der Waals surface area contributed by atoms with Crippen molar-refractivity contribution in [1.29, 1.82) is 0 Å². The molecule has 11 nitrogen and oxygen atoms in total.